The van der Waals surface area contributed by atoms with Gasteiger partial charge in [-0.15, -0.1) is 0 Å². The predicted molar refractivity (Wildman–Crippen MR) is 54.4 cm³/mol. The van der Waals surface area contributed by atoms with Gasteiger partial charge in [0.25, 0.3) is 0 Å². The second-order valence-electron chi connectivity index (χ2n) is 4.10. The van der Waals surface area contributed by atoms with Crippen molar-refractivity contribution < 1.29 is 4.74 Å². The van der Waals surface area contributed by atoms with Gasteiger partial charge in [-0.2, -0.15) is 0 Å². The molecule has 2 aliphatic rings. The van der Waals surface area contributed by atoms with Crippen LogP contribution in [-0.4, -0.2) is 25.2 Å². The van der Waals surface area contributed by atoms with E-state index in [1.54, 1.807) is 0 Å². The fraction of sp³-hybridized carbons (Fsp3) is 0.455. The number of ether oxygens (including phenoxy) is 1. The predicted octanol–water partition coefficient (Wildman–Crippen LogP) is 0.511. The van der Waals surface area contributed by atoms with Gasteiger partial charge < -0.3 is 15.4 Å². The fourth-order valence-corrected chi connectivity index (χ4v) is 2.04. The summed E-state index contributed by atoms with van der Waals surface area (Å²) in [5.74, 6) is 1.04. The minimum Gasteiger partial charge on any atom is -0.483 e. The van der Waals surface area contributed by atoms with Gasteiger partial charge in [-0.3, -0.25) is 0 Å². The quantitative estimate of drug-likeness (QED) is 0.625. The first-order chi connectivity index (χ1) is 6.88. The van der Waals surface area contributed by atoms with Crippen LogP contribution in [-0.2, 0) is 6.54 Å². The Balaban J connectivity index is 1.94. The SMILES string of the molecule is c1ccc2c(c1)CNCC1(CNC1)O2. The van der Waals surface area contributed by atoms with Crippen molar-refractivity contribution in [2.24, 2.45) is 0 Å². The Kier molecular flexibility index (Phi) is 1.75. The van der Waals surface area contributed by atoms with E-state index in [0.29, 0.717) is 0 Å². The molecule has 0 aromatic heterocycles. The van der Waals surface area contributed by atoms with Gasteiger partial charge in [0, 0.05) is 31.7 Å². The Labute approximate surface area is 83.5 Å². The van der Waals surface area contributed by atoms with Crippen molar-refractivity contribution in [3.05, 3.63) is 29.8 Å². The van der Waals surface area contributed by atoms with Gasteiger partial charge in [0.15, 0.2) is 0 Å². The van der Waals surface area contributed by atoms with Crippen LogP contribution in [0, 0.1) is 0 Å². The Bertz CT molecular complexity index is 347. The van der Waals surface area contributed by atoms with Crippen molar-refractivity contribution in [2.75, 3.05) is 19.6 Å². The maximum absolute atomic E-state index is 6.06. The highest BCUT2D eigenvalue weighted by Gasteiger charge is 2.40. The topological polar surface area (TPSA) is 33.3 Å². The Hall–Kier alpha value is -1.06. The van der Waals surface area contributed by atoms with E-state index < -0.39 is 0 Å². The van der Waals surface area contributed by atoms with Crippen LogP contribution in [0.3, 0.4) is 0 Å². The average molecular weight is 190 g/mol. The van der Waals surface area contributed by atoms with E-state index in [2.05, 4.69) is 28.8 Å². The zero-order valence-corrected chi connectivity index (χ0v) is 8.05. The third-order valence-corrected chi connectivity index (χ3v) is 2.96. The van der Waals surface area contributed by atoms with Gasteiger partial charge >= 0.3 is 0 Å². The summed E-state index contributed by atoms with van der Waals surface area (Å²) < 4.78 is 6.06. The largest absolute Gasteiger partial charge is 0.483 e. The maximum Gasteiger partial charge on any atom is 0.146 e. The third-order valence-electron chi connectivity index (χ3n) is 2.96. The molecule has 0 bridgehead atoms. The van der Waals surface area contributed by atoms with E-state index in [9.17, 15) is 0 Å². The van der Waals surface area contributed by atoms with Gasteiger partial charge in [-0.1, -0.05) is 18.2 Å². The van der Waals surface area contributed by atoms with Crippen molar-refractivity contribution in [1.82, 2.24) is 10.6 Å². The van der Waals surface area contributed by atoms with E-state index >= 15 is 0 Å². The van der Waals surface area contributed by atoms with Crippen LogP contribution in [0.2, 0.25) is 0 Å². The summed E-state index contributed by atoms with van der Waals surface area (Å²) >= 11 is 0. The van der Waals surface area contributed by atoms with Crippen LogP contribution in [0.1, 0.15) is 5.56 Å². The minimum atomic E-state index is 0.00655. The molecule has 0 aliphatic carbocycles. The molecule has 1 fully saturated rings. The molecular formula is C11H14N2O. The molecule has 2 heterocycles. The van der Waals surface area contributed by atoms with Crippen molar-refractivity contribution in [3.63, 3.8) is 0 Å². The number of para-hydroxylation sites is 1. The fourth-order valence-electron chi connectivity index (χ4n) is 2.04. The van der Waals surface area contributed by atoms with Gasteiger partial charge in [0.1, 0.15) is 11.4 Å². The second-order valence-corrected chi connectivity index (χ2v) is 4.10. The first kappa shape index (κ1) is 8.26. The summed E-state index contributed by atoms with van der Waals surface area (Å²) in [6.07, 6.45) is 0. The Morgan fingerprint density at radius 2 is 1.86 bits per heavy atom. The second kappa shape index (κ2) is 2.97. The summed E-state index contributed by atoms with van der Waals surface area (Å²) in [6, 6.07) is 8.26. The van der Waals surface area contributed by atoms with Crippen molar-refractivity contribution in [2.45, 2.75) is 12.1 Å². The lowest BCUT2D eigenvalue weighted by Gasteiger charge is -2.41. The summed E-state index contributed by atoms with van der Waals surface area (Å²) in [4.78, 5) is 0. The summed E-state index contributed by atoms with van der Waals surface area (Å²) in [7, 11) is 0. The van der Waals surface area contributed by atoms with E-state index in [4.69, 9.17) is 4.74 Å². The monoisotopic (exact) mass is 190 g/mol. The molecule has 0 unspecified atom stereocenters. The molecule has 0 radical (unpaired) electrons. The normalized spacial score (nSPS) is 23.1. The highest BCUT2D eigenvalue weighted by molar-refractivity contribution is 5.35. The van der Waals surface area contributed by atoms with Gasteiger partial charge in [-0.25, -0.2) is 0 Å². The Morgan fingerprint density at radius 3 is 2.64 bits per heavy atom. The summed E-state index contributed by atoms with van der Waals surface area (Å²) in [5.41, 5.74) is 1.27. The molecule has 14 heavy (non-hydrogen) atoms. The van der Waals surface area contributed by atoms with Crippen LogP contribution in [0.15, 0.2) is 24.3 Å². The first-order valence-corrected chi connectivity index (χ1v) is 5.06. The number of fused-ring (bicyclic) bond motifs is 1. The average Bonchev–Trinajstić information content (AvgIpc) is 2.35. The number of nitrogens with one attached hydrogen (secondary N) is 2. The molecule has 0 saturated carbocycles. The molecule has 1 spiro atoms. The molecule has 0 atom stereocenters. The summed E-state index contributed by atoms with van der Waals surface area (Å²) in [5, 5.41) is 6.70. The lowest BCUT2D eigenvalue weighted by atomic mass is 9.97. The van der Waals surface area contributed by atoms with E-state index in [-0.39, 0.29) is 5.60 Å². The molecule has 3 heteroatoms. The molecule has 3 rings (SSSR count). The summed E-state index contributed by atoms with van der Waals surface area (Å²) in [6.45, 7) is 3.76. The Morgan fingerprint density at radius 1 is 1.07 bits per heavy atom. The van der Waals surface area contributed by atoms with Crippen LogP contribution in [0.5, 0.6) is 5.75 Å². The molecule has 1 aromatic rings. The standard InChI is InChI=1S/C11H14N2O/c1-2-4-10-9(3-1)5-12-6-11(14-10)7-13-8-11/h1-4,12-13H,5-8H2. The molecule has 0 amide bonds. The molecule has 1 saturated heterocycles. The number of hydrogen-bond donors (Lipinski definition) is 2. The van der Waals surface area contributed by atoms with E-state index in [0.717, 1.165) is 31.9 Å². The highest BCUT2D eigenvalue weighted by Crippen LogP contribution is 2.27. The molecule has 2 aliphatic heterocycles. The highest BCUT2D eigenvalue weighted by atomic mass is 16.5. The van der Waals surface area contributed by atoms with Gasteiger partial charge in [0.2, 0.25) is 0 Å². The molecule has 2 N–H and O–H groups in total. The van der Waals surface area contributed by atoms with E-state index in [1.165, 1.54) is 5.56 Å². The number of benzene rings is 1. The zero-order valence-electron chi connectivity index (χ0n) is 8.05. The van der Waals surface area contributed by atoms with E-state index in [1.807, 2.05) is 6.07 Å². The van der Waals surface area contributed by atoms with Gasteiger partial charge in [0.05, 0.1) is 0 Å². The molecular weight excluding hydrogens is 176 g/mol. The number of rotatable bonds is 0. The maximum atomic E-state index is 6.06. The lowest BCUT2D eigenvalue weighted by molar-refractivity contribution is 0.0218. The molecule has 74 valence electrons. The van der Waals surface area contributed by atoms with Crippen LogP contribution in [0.4, 0.5) is 0 Å². The van der Waals surface area contributed by atoms with Crippen molar-refractivity contribution in [1.29, 1.82) is 0 Å². The molecule has 1 aromatic carbocycles. The zero-order chi connectivity index (χ0) is 9.43. The smallest absolute Gasteiger partial charge is 0.146 e. The first-order valence-electron chi connectivity index (χ1n) is 5.06. The van der Waals surface area contributed by atoms with Crippen molar-refractivity contribution >= 4 is 0 Å². The van der Waals surface area contributed by atoms with Crippen LogP contribution in [0.25, 0.3) is 0 Å². The lowest BCUT2D eigenvalue weighted by Crippen LogP contribution is -2.66. The third kappa shape index (κ3) is 1.21. The number of hydrogen-bond acceptors (Lipinski definition) is 3. The molecule has 3 nitrogen and oxygen atoms in total. The van der Waals surface area contributed by atoms with Gasteiger partial charge in [-0.05, 0) is 6.07 Å². The van der Waals surface area contributed by atoms with Crippen LogP contribution >= 0.6 is 0 Å². The van der Waals surface area contributed by atoms with Crippen molar-refractivity contribution in [3.8, 4) is 5.75 Å². The van der Waals surface area contributed by atoms with Crippen LogP contribution < -0.4 is 15.4 Å². The minimum absolute atomic E-state index is 0.00655.